The van der Waals surface area contributed by atoms with Crippen LogP contribution in [0.5, 0.6) is 0 Å². The normalized spacial score (nSPS) is 12.6. The average Bonchev–Trinajstić information content (AvgIpc) is 2.54. The first-order valence-corrected chi connectivity index (χ1v) is 14.5. The molecule has 28 heavy (non-hydrogen) atoms. The summed E-state index contributed by atoms with van der Waals surface area (Å²) in [5, 5.41) is 0. The topological polar surface area (TPSA) is 78.9 Å². The predicted molar refractivity (Wildman–Crippen MR) is 110 cm³/mol. The molecule has 0 unspecified atom stereocenters. The number of rotatable bonds is 12. The molecular weight excluding hydrogens is 557 g/mol. The third-order valence-corrected chi connectivity index (χ3v) is 8.43. The summed E-state index contributed by atoms with van der Waals surface area (Å²) in [6.07, 6.45) is 4.34. The first kappa shape index (κ1) is 27.3. The molecule has 0 aliphatic carbocycles. The molecule has 6 nitrogen and oxygen atoms in total. The van der Waals surface area contributed by atoms with Crippen molar-refractivity contribution >= 4 is 41.0 Å². The fraction of sp³-hybridized carbons (Fsp3) is 0.857. The quantitative estimate of drug-likeness (QED) is 0.293. The van der Waals surface area contributed by atoms with Gasteiger partial charge in [-0.1, -0.05) is 0 Å². The second kappa shape index (κ2) is 11.5. The van der Waals surface area contributed by atoms with Gasteiger partial charge in [0.2, 0.25) is 0 Å². The summed E-state index contributed by atoms with van der Waals surface area (Å²) in [6, 6.07) is 0. The van der Waals surface area contributed by atoms with Gasteiger partial charge in [-0.15, -0.1) is 0 Å². The molecule has 0 aromatic rings. The number of carbonyl (C=O) groups is 3. The van der Waals surface area contributed by atoms with Crippen molar-refractivity contribution in [2.24, 2.45) is 16.2 Å². The van der Waals surface area contributed by atoms with Crippen molar-refractivity contribution in [1.29, 1.82) is 0 Å². The van der Waals surface area contributed by atoms with Crippen LogP contribution in [-0.4, -0.2) is 41.0 Å². The van der Waals surface area contributed by atoms with E-state index in [0.29, 0.717) is 19.3 Å². The molecule has 7 heteroatoms. The van der Waals surface area contributed by atoms with Crippen LogP contribution in [0.3, 0.4) is 0 Å². The van der Waals surface area contributed by atoms with Gasteiger partial charge in [0, 0.05) is 0 Å². The van der Waals surface area contributed by atoms with E-state index in [-0.39, 0.29) is 0 Å². The van der Waals surface area contributed by atoms with Crippen molar-refractivity contribution in [3.63, 3.8) is 0 Å². The molecule has 0 aliphatic rings. The van der Waals surface area contributed by atoms with E-state index in [2.05, 4.69) is 0 Å². The zero-order chi connectivity index (χ0) is 22.2. The zero-order valence-corrected chi connectivity index (χ0v) is 22.6. The monoisotopic (exact) mass is 596 g/mol. The Morgan fingerprint density at radius 2 is 0.786 bits per heavy atom. The summed E-state index contributed by atoms with van der Waals surface area (Å²) in [7, 11) is 0. The summed E-state index contributed by atoms with van der Waals surface area (Å²) >= 11 is -4.10. The van der Waals surface area contributed by atoms with Gasteiger partial charge in [0.05, 0.1) is 0 Å². The van der Waals surface area contributed by atoms with Gasteiger partial charge in [0.25, 0.3) is 0 Å². The Morgan fingerprint density at radius 1 is 0.571 bits per heavy atom. The maximum absolute atomic E-state index is 12.6. The first-order chi connectivity index (χ1) is 12.7. The van der Waals surface area contributed by atoms with Crippen LogP contribution in [0.15, 0.2) is 0 Å². The number of carbonyl (C=O) groups excluding carboxylic acids is 3. The van der Waals surface area contributed by atoms with Crippen molar-refractivity contribution in [2.45, 2.75) is 101 Å². The van der Waals surface area contributed by atoms with Crippen molar-refractivity contribution < 1.29 is 22.8 Å². The Morgan fingerprint density at radius 3 is 0.964 bits per heavy atom. The summed E-state index contributed by atoms with van der Waals surface area (Å²) in [6.45, 7) is 16.7. The third-order valence-electron chi connectivity index (χ3n) is 4.76. The fourth-order valence-corrected chi connectivity index (χ4v) is 7.71. The molecule has 0 N–H and O–H groups in total. The Bertz CT molecular complexity index is 463. The average molecular weight is 597 g/mol. The second-order valence-electron chi connectivity index (χ2n) is 9.26. The van der Waals surface area contributed by atoms with Crippen LogP contribution in [0.25, 0.3) is 0 Å². The Labute approximate surface area is 180 Å². The standard InChI is InChI=1S/3C7H14O2.Bi/c3*1-4-5-7(2,3)6(8)9;/h3*4-5H2,1-3H3,(H,8,9);/q;;;+3/p-3. The van der Waals surface area contributed by atoms with Gasteiger partial charge in [-0.25, -0.2) is 0 Å². The molecule has 0 saturated heterocycles. The molecule has 0 rings (SSSR count). The van der Waals surface area contributed by atoms with Crippen LogP contribution >= 0.6 is 0 Å². The molecule has 0 aliphatic heterocycles. The Balaban J connectivity index is 5.46. The second-order valence-corrected chi connectivity index (χ2v) is 13.1. The molecule has 0 heterocycles. The third kappa shape index (κ3) is 8.75. The van der Waals surface area contributed by atoms with Crippen molar-refractivity contribution in [2.75, 3.05) is 0 Å². The molecule has 0 bridgehead atoms. The van der Waals surface area contributed by atoms with Crippen molar-refractivity contribution in [3.05, 3.63) is 0 Å². The van der Waals surface area contributed by atoms with Crippen LogP contribution in [0.1, 0.15) is 101 Å². The molecule has 0 spiro atoms. The van der Waals surface area contributed by atoms with E-state index in [0.717, 1.165) is 19.3 Å². The van der Waals surface area contributed by atoms with E-state index in [1.807, 2.05) is 20.8 Å². The van der Waals surface area contributed by atoms with E-state index < -0.39 is 57.2 Å². The number of hydrogen-bond donors (Lipinski definition) is 0. The SMILES string of the molecule is CCCC(C)(C)C(=O)[O][Bi]([O]C(=O)C(C)(C)CCC)[O]C(=O)C(C)(C)CCC. The van der Waals surface area contributed by atoms with Gasteiger partial charge in [-0.3, -0.25) is 0 Å². The van der Waals surface area contributed by atoms with Gasteiger partial charge in [-0.05, 0) is 0 Å². The van der Waals surface area contributed by atoms with Gasteiger partial charge in [-0.2, -0.15) is 0 Å². The molecular formula is C21H39BiO6. The van der Waals surface area contributed by atoms with Gasteiger partial charge < -0.3 is 0 Å². The van der Waals surface area contributed by atoms with Crippen molar-refractivity contribution in [1.82, 2.24) is 0 Å². The van der Waals surface area contributed by atoms with Crippen LogP contribution in [-0.2, 0) is 22.8 Å². The summed E-state index contributed by atoms with van der Waals surface area (Å²) < 4.78 is 16.6. The van der Waals surface area contributed by atoms with E-state index >= 15 is 0 Å². The van der Waals surface area contributed by atoms with Crippen LogP contribution in [0.4, 0.5) is 0 Å². The summed E-state index contributed by atoms with van der Waals surface area (Å²) in [5.74, 6) is -1.43. The molecule has 0 fully saturated rings. The van der Waals surface area contributed by atoms with E-state index in [9.17, 15) is 14.4 Å². The molecule has 0 atom stereocenters. The zero-order valence-electron chi connectivity index (χ0n) is 19.1. The van der Waals surface area contributed by atoms with Crippen LogP contribution in [0, 0.1) is 16.2 Å². The van der Waals surface area contributed by atoms with E-state index in [4.69, 9.17) is 8.44 Å². The molecule has 0 aromatic heterocycles. The predicted octanol–water partition coefficient (Wildman–Crippen LogP) is 5.08. The first-order valence-electron chi connectivity index (χ1n) is 10.2. The van der Waals surface area contributed by atoms with Gasteiger partial charge >= 0.3 is 181 Å². The van der Waals surface area contributed by atoms with Gasteiger partial charge in [0.15, 0.2) is 0 Å². The Hall–Kier alpha value is -0.707. The fourth-order valence-electron chi connectivity index (χ4n) is 2.81. The minimum absolute atomic E-state index is 0.477. The summed E-state index contributed by atoms with van der Waals surface area (Å²) in [5.41, 5.74) is -2.17. The molecule has 0 amide bonds. The Kier molecular flexibility index (Phi) is 11.2. The van der Waals surface area contributed by atoms with Crippen LogP contribution < -0.4 is 0 Å². The molecule has 0 saturated carbocycles. The van der Waals surface area contributed by atoms with E-state index in [1.54, 1.807) is 41.5 Å². The van der Waals surface area contributed by atoms with E-state index in [1.165, 1.54) is 0 Å². The number of hydrogen-bond acceptors (Lipinski definition) is 6. The van der Waals surface area contributed by atoms with Crippen LogP contribution in [0.2, 0.25) is 0 Å². The minimum atomic E-state index is -4.10. The summed E-state index contributed by atoms with van der Waals surface area (Å²) in [4.78, 5) is 37.9. The molecule has 0 radical (unpaired) electrons. The van der Waals surface area contributed by atoms with Gasteiger partial charge in [0.1, 0.15) is 0 Å². The maximum atomic E-state index is 12.6. The van der Waals surface area contributed by atoms with Crippen molar-refractivity contribution in [3.8, 4) is 0 Å². The molecule has 0 aromatic carbocycles. The molecule has 164 valence electrons.